The maximum absolute atomic E-state index is 11.4. The summed E-state index contributed by atoms with van der Waals surface area (Å²) in [6.45, 7) is 1.38. The van der Waals surface area contributed by atoms with Crippen molar-refractivity contribution < 1.29 is 9.63 Å². The molecule has 5 heteroatoms. The number of carbonyl (C=O) groups excluding carboxylic acids is 1. The van der Waals surface area contributed by atoms with Crippen LogP contribution >= 0.6 is 12.2 Å². The van der Waals surface area contributed by atoms with Gasteiger partial charge in [0.05, 0.1) is 6.04 Å². The van der Waals surface area contributed by atoms with E-state index in [4.69, 9.17) is 17.1 Å². The van der Waals surface area contributed by atoms with Crippen molar-refractivity contribution in [2.45, 2.75) is 19.0 Å². The number of nitrogens with one attached hydrogen (secondary N) is 1. The van der Waals surface area contributed by atoms with Crippen molar-refractivity contribution in [1.29, 1.82) is 0 Å². The van der Waals surface area contributed by atoms with Crippen LogP contribution in [0.25, 0.3) is 0 Å². The van der Waals surface area contributed by atoms with Crippen LogP contribution in [0.1, 0.15) is 30.1 Å². The van der Waals surface area contributed by atoms with Gasteiger partial charge in [0.2, 0.25) is 5.11 Å². The second-order valence-corrected chi connectivity index (χ2v) is 5.49. The van der Waals surface area contributed by atoms with Crippen molar-refractivity contribution in [2.24, 2.45) is 0 Å². The third kappa shape index (κ3) is 2.80. The number of nitrogens with zero attached hydrogens (tertiary/aromatic N) is 1. The van der Waals surface area contributed by atoms with Gasteiger partial charge in [0.25, 0.3) is 0 Å². The Hall–Kier alpha value is -2.40. The van der Waals surface area contributed by atoms with E-state index in [9.17, 15) is 4.79 Å². The summed E-state index contributed by atoms with van der Waals surface area (Å²) in [5, 5.41) is 5.16. The van der Waals surface area contributed by atoms with E-state index in [1.54, 1.807) is 0 Å². The first-order valence-electron chi connectivity index (χ1n) is 7.05. The lowest BCUT2D eigenvalue weighted by atomic mass is 9.95. The summed E-state index contributed by atoms with van der Waals surface area (Å²) < 4.78 is 0. The van der Waals surface area contributed by atoms with Crippen molar-refractivity contribution in [3.05, 3.63) is 71.8 Å². The third-order valence-electron chi connectivity index (χ3n) is 3.57. The number of rotatable bonds is 3. The van der Waals surface area contributed by atoms with E-state index in [0.717, 1.165) is 11.1 Å². The van der Waals surface area contributed by atoms with Crippen molar-refractivity contribution in [1.82, 2.24) is 10.4 Å². The molecule has 2 aromatic rings. The second-order valence-electron chi connectivity index (χ2n) is 5.10. The van der Waals surface area contributed by atoms with Gasteiger partial charge >= 0.3 is 5.97 Å². The minimum absolute atomic E-state index is 0.0737. The molecular formula is C17H16N2O2S. The Bertz CT molecular complexity index is 676. The Morgan fingerprint density at radius 2 is 1.59 bits per heavy atom. The largest absolute Gasteiger partial charge is 0.351 e. The number of hydrogen-bond donors (Lipinski definition) is 1. The Balaban J connectivity index is 2.02. The van der Waals surface area contributed by atoms with Crippen LogP contribution in [0.4, 0.5) is 0 Å². The second kappa shape index (κ2) is 6.15. The average molecular weight is 312 g/mol. The zero-order chi connectivity index (χ0) is 15.5. The quantitative estimate of drug-likeness (QED) is 0.882. The third-order valence-corrected chi connectivity index (χ3v) is 3.87. The predicted octanol–water partition coefficient (Wildman–Crippen LogP) is 3.14. The molecule has 0 radical (unpaired) electrons. The highest BCUT2D eigenvalue weighted by atomic mass is 32.1. The van der Waals surface area contributed by atoms with Crippen LogP contribution in [-0.2, 0) is 9.63 Å². The molecular weight excluding hydrogens is 296 g/mol. The molecule has 2 atom stereocenters. The molecule has 0 unspecified atom stereocenters. The number of hydroxylamine groups is 2. The molecule has 0 amide bonds. The topological polar surface area (TPSA) is 41.6 Å². The zero-order valence-corrected chi connectivity index (χ0v) is 12.9. The van der Waals surface area contributed by atoms with Gasteiger partial charge in [-0.3, -0.25) is 4.79 Å². The van der Waals surface area contributed by atoms with Gasteiger partial charge in [0.1, 0.15) is 6.04 Å². The van der Waals surface area contributed by atoms with Crippen LogP contribution < -0.4 is 5.32 Å². The summed E-state index contributed by atoms with van der Waals surface area (Å²) in [6.07, 6.45) is 0. The molecule has 3 rings (SSSR count). The molecule has 22 heavy (non-hydrogen) atoms. The minimum Gasteiger partial charge on any atom is -0.351 e. The van der Waals surface area contributed by atoms with Crippen LogP contribution in [0.3, 0.4) is 0 Å². The molecule has 112 valence electrons. The SMILES string of the molecule is CC(=O)ON1C(=S)N[C@H](c2ccccc2)[C@H]1c1ccccc1. The summed E-state index contributed by atoms with van der Waals surface area (Å²) in [6, 6.07) is 19.6. The predicted molar refractivity (Wildman–Crippen MR) is 87.7 cm³/mol. The van der Waals surface area contributed by atoms with Crippen molar-refractivity contribution >= 4 is 23.3 Å². The van der Waals surface area contributed by atoms with Gasteiger partial charge in [-0.15, -0.1) is 0 Å². The molecule has 4 nitrogen and oxygen atoms in total. The van der Waals surface area contributed by atoms with E-state index in [1.165, 1.54) is 12.0 Å². The van der Waals surface area contributed by atoms with Crippen LogP contribution in [-0.4, -0.2) is 16.1 Å². The van der Waals surface area contributed by atoms with Gasteiger partial charge in [0, 0.05) is 6.92 Å². The maximum Gasteiger partial charge on any atom is 0.329 e. The Morgan fingerprint density at radius 3 is 2.14 bits per heavy atom. The van der Waals surface area contributed by atoms with E-state index >= 15 is 0 Å². The molecule has 1 N–H and O–H groups in total. The van der Waals surface area contributed by atoms with Crippen LogP contribution in [0.5, 0.6) is 0 Å². The van der Waals surface area contributed by atoms with Crippen molar-refractivity contribution in [2.75, 3.05) is 0 Å². The highest BCUT2D eigenvalue weighted by Crippen LogP contribution is 2.39. The van der Waals surface area contributed by atoms with E-state index in [2.05, 4.69) is 5.32 Å². The maximum atomic E-state index is 11.4. The van der Waals surface area contributed by atoms with Crippen molar-refractivity contribution in [3.63, 3.8) is 0 Å². The fourth-order valence-corrected chi connectivity index (χ4v) is 2.96. The smallest absolute Gasteiger partial charge is 0.329 e. The summed E-state index contributed by atoms with van der Waals surface area (Å²) in [5.41, 5.74) is 2.12. The number of carbonyl (C=O) groups is 1. The number of benzene rings is 2. The summed E-state index contributed by atoms with van der Waals surface area (Å²) in [5.74, 6) is -0.390. The fourth-order valence-electron chi connectivity index (χ4n) is 2.68. The van der Waals surface area contributed by atoms with Gasteiger partial charge in [-0.05, 0) is 23.3 Å². The van der Waals surface area contributed by atoms with E-state index in [-0.39, 0.29) is 12.1 Å². The number of thiocarbonyl (C=S) groups is 1. The molecule has 1 saturated heterocycles. The van der Waals surface area contributed by atoms with Crippen LogP contribution in [0.15, 0.2) is 60.7 Å². The van der Waals surface area contributed by atoms with Gasteiger partial charge < -0.3 is 10.2 Å². The average Bonchev–Trinajstić information content (AvgIpc) is 2.85. The zero-order valence-electron chi connectivity index (χ0n) is 12.1. The first kappa shape index (κ1) is 14.5. The van der Waals surface area contributed by atoms with Crippen molar-refractivity contribution in [3.8, 4) is 0 Å². The Morgan fingerprint density at radius 1 is 1.05 bits per heavy atom. The molecule has 0 aromatic heterocycles. The van der Waals surface area contributed by atoms with Gasteiger partial charge in [-0.2, -0.15) is 5.06 Å². The van der Waals surface area contributed by atoms with Gasteiger partial charge in [-0.1, -0.05) is 60.7 Å². The lowest BCUT2D eigenvalue weighted by molar-refractivity contribution is -0.175. The highest BCUT2D eigenvalue weighted by Gasteiger charge is 2.41. The van der Waals surface area contributed by atoms with Gasteiger partial charge in [0.15, 0.2) is 0 Å². The lowest BCUT2D eigenvalue weighted by Crippen LogP contribution is -2.31. The van der Waals surface area contributed by atoms with Crippen LogP contribution in [0.2, 0.25) is 0 Å². The summed E-state index contributed by atoms with van der Waals surface area (Å²) >= 11 is 5.35. The molecule has 1 fully saturated rings. The molecule has 0 saturated carbocycles. The molecule has 1 heterocycles. The molecule has 1 aliphatic rings. The first-order valence-corrected chi connectivity index (χ1v) is 7.46. The van der Waals surface area contributed by atoms with E-state index in [0.29, 0.717) is 5.11 Å². The highest BCUT2D eigenvalue weighted by molar-refractivity contribution is 7.80. The molecule has 0 bridgehead atoms. The summed E-state index contributed by atoms with van der Waals surface area (Å²) in [7, 11) is 0. The molecule has 0 aliphatic carbocycles. The fraction of sp³-hybridized carbons (Fsp3) is 0.176. The van der Waals surface area contributed by atoms with Crippen LogP contribution in [0, 0.1) is 0 Å². The summed E-state index contributed by atoms with van der Waals surface area (Å²) in [4.78, 5) is 16.7. The normalized spacial score (nSPS) is 20.6. The molecule has 0 spiro atoms. The Labute approximate surface area is 134 Å². The Kier molecular flexibility index (Phi) is 4.06. The number of hydrogen-bond acceptors (Lipinski definition) is 3. The standard InChI is InChI=1S/C17H16N2O2S/c1-12(20)21-19-16(14-10-6-3-7-11-14)15(18-17(19)22)13-8-4-2-5-9-13/h2-11,15-16H,1H3,(H,18,22)/t15-,16-/m1/s1. The lowest BCUT2D eigenvalue weighted by Gasteiger charge is -2.26. The molecule has 1 aliphatic heterocycles. The minimum atomic E-state index is -0.390. The van der Waals surface area contributed by atoms with E-state index < -0.39 is 5.97 Å². The van der Waals surface area contributed by atoms with Gasteiger partial charge in [-0.25, -0.2) is 0 Å². The first-order chi connectivity index (χ1) is 10.7. The molecule has 2 aromatic carbocycles. The van der Waals surface area contributed by atoms with E-state index in [1.807, 2.05) is 60.7 Å². The monoisotopic (exact) mass is 312 g/mol.